The van der Waals surface area contributed by atoms with Crippen LogP contribution in [0.5, 0.6) is 5.88 Å². The van der Waals surface area contributed by atoms with Crippen LogP contribution < -0.4 is 4.74 Å². The molecule has 0 bridgehead atoms. The second kappa shape index (κ2) is 5.66. The molecule has 0 fully saturated rings. The predicted octanol–water partition coefficient (Wildman–Crippen LogP) is 2.88. The molecule has 1 rings (SSSR count). The van der Waals surface area contributed by atoms with E-state index in [1.165, 1.54) is 7.11 Å². The fraction of sp³-hybridized carbons (Fsp3) is 0.500. The Bertz CT molecular complexity index is 444. The van der Waals surface area contributed by atoms with Crippen LogP contribution in [-0.4, -0.2) is 24.2 Å². The van der Waals surface area contributed by atoms with Gasteiger partial charge in [-0.2, -0.15) is 0 Å². The minimum atomic E-state index is -0.389. The molecule has 0 atom stereocenters. The molecule has 0 saturated carbocycles. The van der Waals surface area contributed by atoms with Gasteiger partial charge in [-0.3, -0.25) is 0 Å². The number of aromatic nitrogens is 1. The van der Waals surface area contributed by atoms with Crippen LogP contribution in [-0.2, 0) is 4.74 Å². The molecule has 17 heavy (non-hydrogen) atoms. The summed E-state index contributed by atoms with van der Waals surface area (Å²) < 4.78 is 11.3. The number of halogens is 1. The highest BCUT2D eigenvalue weighted by Gasteiger charge is 2.22. The third-order valence-corrected chi connectivity index (χ3v) is 3.83. The molecule has 94 valence electrons. The van der Waals surface area contributed by atoms with Crippen molar-refractivity contribution in [1.29, 1.82) is 0 Å². The Morgan fingerprint density at radius 1 is 1.35 bits per heavy atom. The van der Waals surface area contributed by atoms with Crippen molar-refractivity contribution in [3.05, 3.63) is 20.4 Å². The fourth-order valence-electron chi connectivity index (χ4n) is 1.46. The number of esters is 1. The Kier molecular flexibility index (Phi) is 4.73. The van der Waals surface area contributed by atoms with Gasteiger partial charge in [0.05, 0.1) is 18.9 Å². The van der Waals surface area contributed by atoms with Crippen molar-refractivity contribution in [2.45, 2.75) is 33.8 Å². The van der Waals surface area contributed by atoms with E-state index in [0.717, 1.165) is 14.8 Å². The van der Waals surface area contributed by atoms with E-state index in [0.29, 0.717) is 11.4 Å². The molecule has 1 heterocycles. The summed E-state index contributed by atoms with van der Waals surface area (Å²) in [4.78, 5) is 16.2. The number of pyridine rings is 1. The van der Waals surface area contributed by atoms with Crippen LogP contribution in [0.1, 0.15) is 35.5 Å². The molecule has 0 radical (unpaired) electrons. The number of hydrogen-bond donors (Lipinski definition) is 0. The van der Waals surface area contributed by atoms with Crippen LogP contribution in [0.2, 0.25) is 0 Å². The maximum Gasteiger partial charge on any atom is 0.344 e. The molecule has 5 heteroatoms. The number of carbonyl (C=O) groups excluding carboxylic acids is 1. The first kappa shape index (κ1) is 14.2. The number of nitrogens with zero attached hydrogens (tertiary/aromatic N) is 1. The van der Waals surface area contributed by atoms with Crippen molar-refractivity contribution < 1.29 is 14.3 Å². The normalized spacial score (nSPS) is 10.5. The van der Waals surface area contributed by atoms with Gasteiger partial charge in [0.1, 0.15) is 5.56 Å². The summed E-state index contributed by atoms with van der Waals surface area (Å²) in [6.45, 7) is 7.38. The molecule has 1 aromatic heterocycles. The zero-order valence-electron chi connectivity index (χ0n) is 10.6. The smallest absolute Gasteiger partial charge is 0.344 e. The first-order valence-electron chi connectivity index (χ1n) is 5.30. The second-order valence-electron chi connectivity index (χ2n) is 3.97. The van der Waals surface area contributed by atoms with Crippen molar-refractivity contribution in [2.75, 3.05) is 7.11 Å². The highest BCUT2D eigenvalue weighted by molar-refractivity contribution is 14.1. The van der Waals surface area contributed by atoms with E-state index in [4.69, 9.17) is 9.47 Å². The lowest BCUT2D eigenvalue weighted by Crippen LogP contribution is -2.16. The Morgan fingerprint density at radius 3 is 2.41 bits per heavy atom. The third kappa shape index (κ3) is 3.08. The number of hydrogen-bond acceptors (Lipinski definition) is 4. The van der Waals surface area contributed by atoms with Gasteiger partial charge >= 0.3 is 5.97 Å². The molecule has 0 N–H and O–H groups in total. The number of rotatable bonds is 3. The Morgan fingerprint density at radius 2 is 1.94 bits per heavy atom. The van der Waals surface area contributed by atoms with E-state index >= 15 is 0 Å². The summed E-state index contributed by atoms with van der Waals surface area (Å²) in [5, 5.41) is 0. The Hall–Kier alpha value is -0.850. The van der Waals surface area contributed by atoms with Crippen LogP contribution in [0.4, 0.5) is 0 Å². The number of aryl methyl sites for hydroxylation is 1. The van der Waals surface area contributed by atoms with Crippen molar-refractivity contribution in [3.63, 3.8) is 0 Å². The molecule has 1 aromatic rings. The summed E-state index contributed by atoms with van der Waals surface area (Å²) in [6, 6.07) is 0. The van der Waals surface area contributed by atoms with Gasteiger partial charge in [0, 0.05) is 3.57 Å². The highest BCUT2D eigenvalue weighted by Crippen LogP contribution is 2.27. The molecule has 0 spiro atoms. The van der Waals surface area contributed by atoms with Crippen LogP contribution >= 0.6 is 22.6 Å². The summed E-state index contributed by atoms with van der Waals surface area (Å²) in [5.41, 5.74) is 2.11. The molecule has 0 unspecified atom stereocenters. The molecule has 0 aliphatic heterocycles. The largest absolute Gasteiger partial charge is 0.480 e. The topological polar surface area (TPSA) is 48.4 Å². The third-order valence-electron chi connectivity index (χ3n) is 2.25. The van der Waals surface area contributed by atoms with Crippen molar-refractivity contribution in [2.24, 2.45) is 0 Å². The lowest BCUT2D eigenvalue weighted by Gasteiger charge is -2.14. The number of methoxy groups -OCH3 is 1. The van der Waals surface area contributed by atoms with Crippen LogP contribution in [0.25, 0.3) is 0 Å². The van der Waals surface area contributed by atoms with Gasteiger partial charge in [0.15, 0.2) is 0 Å². The second-order valence-corrected chi connectivity index (χ2v) is 5.05. The first-order valence-corrected chi connectivity index (χ1v) is 6.38. The maximum absolute atomic E-state index is 12.0. The first-order chi connectivity index (χ1) is 7.88. The SMILES string of the molecule is COc1nc(C)c(I)c(C)c1C(=O)OC(C)C. The van der Waals surface area contributed by atoms with E-state index in [-0.39, 0.29) is 12.1 Å². The minimum absolute atomic E-state index is 0.162. The predicted molar refractivity (Wildman–Crippen MR) is 73.5 cm³/mol. The maximum atomic E-state index is 12.0. The van der Waals surface area contributed by atoms with E-state index < -0.39 is 0 Å². The van der Waals surface area contributed by atoms with E-state index in [1.54, 1.807) is 0 Å². The zero-order valence-corrected chi connectivity index (χ0v) is 12.8. The highest BCUT2D eigenvalue weighted by atomic mass is 127. The monoisotopic (exact) mass is 349 g/mol. The van der Waals surface area contributed by atoms with Gasteiger partial charge in [-0.1, -0.05) is 0 Å². The molecule has 0 aliphatic rings. The van der Waals surface area contributed by atoms with E-state index in [1.807, 2.05) is 27.7 Å². The van der Waals surface area contributed by atoms with Crippen molar-refractivity contribution >= 4 is 28.6 Å². The number of ether oxygens (including phenoxy) is 2. The standard InChI is InChI=1S/C12H16INO3/c1-6(2)17-12(15)9-7(3)10(13)8(4)14-11(9)16-5/h6H,1-5H3. The Labute approximate surface area is 115 Å². The van der Waals surface area contributed by atoms with Gasteiger partial charge in [-0.15, -0.1) is 0 Å². The number of carbonyl (C=O) groups is 1. The Balaban J connectivity index is 3.30. The van der Waals surface area contributed by atoms with Crippen LogP contribution in [0.3, 0.4) is 0 Å². The molecular weight excluding hydrogens is 333 g/mol. The van der Waals surface area contributed by atoms with Crippen LogP contribution in [0, 0.1) is 17.4 Å². The molecule has 0 aromatic carbocycles. The molecule has 0 aliphatic carbocycles. The molecule has 0 saturated heterocycles. The lowest BCUT2D eigenvalue weighted by atomic mass is 10.1. The van der Waals surface area contributed by atoms with Crippen LogP contribution in [0.15, 0.2) is 0 Å². The van der Waals surface area contributed by atoms with Gasteiger partial charge < -0.3 is 9.47 Å². The average Bonchev–Trinajstić information content (AvgIpc) is 2.23. The fourth-order valence-corrected chi connectivity index (χ4v) is 1.85. The lowest BCUT2D eigenvalue weighted by molar-refractivity contribution is 0.0372. The van der Waals surface area contributed by atoms with Crippen molar-refractivity contribution in [1.82, 2.24) is 4.98 Å². The average molecular weight is 349 g/mol. The molecular formula is C12H16INO3. The van der Waals surface area contributed by atoms with Gasteiger partial charge in [-0.05, 0) is 55.8 Å². The molecule has 0 amide bonds. The minimum Gasteiger partial charge on any atom is -0.480 e. The van der Waals surface area contributed by atoms with Crippen molar-refractivity contribution in [3.8, 4) is 5.88 Å². The van der Waals surface area contributed by atoms with Gasteiger partial charge in [-0.25, -0.2) is 9.78 Å². The quantitative estimate of drug-likeness (QED) is 0.622. The van der Waals surface area contributed by atoms with Gasteiger partial charge in [0.2, 0.25) is 5.88 Å². The summed E-state index contributed by atoms with van der Waals surface area (Å²) in [7, 11) is 1.50. The van der Waals surface area contributed by atoms with Gasteiger partial charge in [0.25, 0.3) is 0 Å². The summed E-state index contributed by atoms with van der Waals surface area (Å²) >= 11 is 2.17. The summed E-state index contributed by atoms with van der Waals surface area (Å²) in [6.07, 6.45) is -0.162. The summed E-state index contributed by atoms with van der Waals surface area (Å²) in [5.74, 6) is -0.0640. The van der Waals surface area contributed by atoms with E-state index in [9.17, 15) is 4.79 Å². The van der Waals surface area contributed by atoms with E-state index in [2.05, 4.69) is 27.6 Å². The zero-order chi connectivity index (χ0) is 13.2. The molecule has 4 nitrogen and oxygen atoms in total.